The summed E-state index contributed by atoms with van der Waals surface area (Å²) < 4.78 is 19.8. The first-order chi connectivity index (χ1) is 13.2. The van der Waals surface area contributed by atoms with Crippen molar-refractivity contribution < 1.29 is 13.6 Å². The maximum Gasteiger partial charge on any atom is 0.318 e. The van der Waals surface area contributed by atoms with Gasteiger partial charge in [0, 0.05) is 13.1 Å². The van der Waals surface area contributed by atoms with E-state index in [-0.39, 0.29) is 11.5 Å². The van der Waals surface area contributed by atoms with Gasteiger partial charge in [0.1, 0.15) is 11.9 Å². The van der Waals surface area contributed by atoms with Crippen molar-refractivity contribution in [2.75, 3.05) is 18.0 Å². The molecule has 0 saturated carbocycles. The highest BCUT2D eigenvalue weighted by Crippen LogP contribution is 2.26. The molecule has 1 fully saturated rings. The van der Waals surface area contributed by atoms with Crippen LogP contribution in [-0.4, -0.2) is 29.2 Å². The van der Waals surface area contributed by atoms with E-state index in [4.69, 9.17) is 4.42 Å². The van der Waals surface area contributed by atoms with Gasteiger partial charge in [0.05, 0.1) is 5.56 Å². The first kappa shape index (κ1) is 17.2. The molecule has 7 heteroatoms. The number of carbonyl (C=O) groups excluding carboxylic acids is 1. The Balaban J connectivity index is 1.64. The maximum absolute atomic E-state index is 14.0. The minimum absolute atomic E-state index is 0.0299. The van der Waals surface area contributed by atoms with E-state index in [0.29, 0.717) is 6.01 Å². The highest BCUT2D eigenvalue weighted by atomic mass is 19.1. The summed E-state index contributed by atoms with van der Waals surface area (Å²) in [4.78, 5) is 14.7. The lowest BCUT2D eigenvalue weighted by molar-refractivity contribution is 0.0934. The molecule has 2 aromatic carbocycles. The van der Waals surface area contributed by atoms with Gasteiger partial charge < -0.3 is 14.6 Å². The van der Waals surface area contributed by atoms with Crippen molar-refractivity contribution in [1.82, 2.24) is 15.5 Å². The van der Waals surface area contributed by atoms with Crippen LogP contribution in [-0.2, 0) is 0 Å². The van der Waals surface area contributed by atoms with Crippen molar-refractivity contribution in [3.63, 3.8) is 0 Å². The zero-order chi connectivity index (χ0) is 18.6. The number of anilines is 1. The van der Waals surface area contributed by atoms with Crippen LogP contribution in [0.3, 0.4) is 0 Å². The molecule has 6 nitrogen and oxygen atoms in total. The predicted molar refractivity (Wildman–Crippen MR) is 97.9 cm³/mol. The highest BCUT2D eigenvalue weighted by molar-refractivity contribution is 5.94. The molecule has 0 bridgehead atoms. The number of halogens is 1. The third-order valence-corrected chi connectivity index (χ3v) is 4.58. The van der Waals surface area contributed by atoms with Crippen molar-refractivity contribution in [3.05, 3.63) is 77.4 Å². The number of carbonyl (C=O) groups is 1. The molecule has 27 heavy (non-hydrogen) atoms. The molecule has 1 saturated heterocycles. The van der Waals surface area contributed by atoms with Crippen molar-refractivity contribution in [2.45, 2.75) is 18.9 Å². The monoisotopic (exact) mass is 366 g/mol. The van der Waals surface area contributed by atoms with Gasteiger partial charge >= 0.3 is 6.01 Å². The fourth-order valence-electron chi connectivity index (χ4n) is 3.17. The van der Waals surface area contributed by atoms with Crippen LogP contribution in [0.1, 0.15) is 40.7 Å². The first-order valence-electron chi connectivity index (χ1n) is 8.91. The quantitative estimate of drug-likeness (QED) is 0.750. The lowest BCUT2D eigenvalue weighted by Crippen LogP contribution is -2.30. The van der Waals surface area contributed by atoms with Crippen molar-refractivity contribution in [1.29, 1.82) is 0 Å². The topological polar surface area (TPSA) is 71.3 Å². The second-order valence-electron chi connectivity index (χ2n) is 6.41. The Hall–Kier alpha value is -3.22. The molecule has 0 spiro atoms. The zero-order valence-corrected chi connectivity index (χ0v) is 14.6. The van der Waals surface area contributed by atoms with Crippen LogP contribution in [0.4, 0.5) is 10.4 Å². The lowest BCUT2D eigenvalue weighted by atomic mass is 10.1. The van der Waals surface area contributed by atoms with Crippen LogP contribution in [0, 0.1) is 5.82 Å². The molecule has 3 aromatic rings. The molecular formula is C20H19FN4O2. The van der Waals surface area contributed by atoms with Crippen molar-refractivity contribution in [2.24, 2.45) is 0 Å². The SMILES string of the molecule is O=C(NC(c1ccccc1)c1nnc(N2CCCC2)o1)c1ccccc1F. The molecule has 1 N–H and O–H groups in total. The van der Waals surface area contributed by atoms with E-state index in [2.05, 4.69) is 15.5 Å². The van der Waals surface area contributed by atoms with Gasteiger partial charge in [-0.05, 0) is 30.5 Å². The molecule has 2 heterocycles. The Kier molecular flexibility index (Phi) is 4.82. The minimum Gasteiger partial charge on any atom is -0.405 e. The predicted octanol–water partition coefficient (Wildman–Crippen LogP) is 3.33. The Morgan fingerprint density at radius 1 is 1.04 bits per heavy atom. The smallest absolute Gasteiger partial charge is 0.318 e. The zero-order valence-electron chi connectivity index (χ0n) is 14.6. The number of rotatable bonds is 5. The molecule has 0 radical (unpaired) electrons. The van der Waals surface area contributed by atoms with Gasteiger partial charge in [-0.25, -0.2) is 4.39 Å². The summed E-state index contributed by atoms with van der Waals surface area (Å²) >= 11 is 0. The van der Waals surface area contributed by atoms with E-state index in [0.717, 1.165) is 31.5 Å². The molecular weight excluding hydrogens is 347 g/mol. The van der Waals surface area contributed by atoms with Gasteiger partial charge in [-0.1, -0.05) is 47.6 Å². The number of nitrogens with zero attached hydrogens (tertiary/aromatic N) is 3. The second-order valence-corrected chi connectivity index (χ2v) is 6.41. The molecule has 138 valence electrons. The summed E-state index contributed by atoms with van der Waals surface area (Å²) in [6.07, 6.45) is 2.17. The van der Waals surface area contributed by atoms with Crippen LogP contribution in [0.5, 0.6) is 0 Å². The van der Waals surface area contributed by atoms with Gasteiger partial charge in [0.2, 0.25) is 5.89 Å². The minimum atomic E-state index is -0.665. The largest absolute Gasteiger partial charge is 0.405 e. The van der Waals surface area contributed by atoms with E-state index in [1.807, 2.05) is 35.2 Å². The Morgan fingerprint density at radius 3 is 2.48 bits per heavy atom. The number of aromatic nitrogens is 2. The Bertz CT molecular complexity index is 922. The van der Waals surface area contributed by atoms with E-state index < -0.39 is 17.8 Å². The summed E-state index contributed by atoms with van der Waals surface area (Å²) in [7, 11) is 0. The second kappa shape index (κ2) is 7.57. The molecule has 1 atom stereocenters. The number of nitrogens with one attached hydrogen (secondary N) is 1. The number of benzene rings is 2. The molecule has 1 amide bonds. The van der Waals surface area contributed by atoms with Gasteiger partial charge in [0.15, 0.2) is 0 Å². The fourth-order valence-corrected chi connectivity index (χ4v) is 3.17. The van der Waals surface area contributed by atoms with Gasteiger partial charge in [-0.15, -0.1) is 5.10 Å². The lowest BCUT2D eigenvalue weighted by Gasteiger charge is -2.16. The number of amides is 1. The summed E-state index contributed by atoms with van der Waals surface area (Å²) in [6.45, 7) is 1.75. The van der Waals surface area contributed by atoms with Crippen LogP contribution < -0.4 is 10.2 Å². The molecule has 4 rings (SSSR count). The molecule has 1 aliphatic heterocycles. The summed E-state index contributed by atoms with van der Waals surface area (Å²) in [6, 6.07) is 14.9. The van der Waals surface area contributed by atoms with Crippen molar-refractivity contribution >= 4 is 11.9 Å². The third kappa shape index (κ3) is 3.67. The highest BCUT2D eigenvalue weighted by Gasteiger charge is 2.26. The standard InChI is InChI=1S/C20H19FN4O2/c21-16-11-5-4-10-15(16)18(26)22-17(14-8-2-1-3-9-14)19-23-24-20(27-19)25-12-6-7-13-25/h1-5,8-11,17H,6-7,12-13H2,(H,22,26). The summed E-state index contributed by atoms with van der Waals surface area (Å²) in [5, 5.41) is 11.1. The average molecular weight is 366 g/mol. The summed E-state index contributed by atoms with van der Waals surface area (Å²) in [5.74, 6) is -0.847. The normalized spacial score (nSPS) is 14.9. The average Bonchev–Trinajstić information content (AvgIpc) is 3.38. The molecule has 1 aromatic heterocycles. The first-order valence-corrected chi connectivity index (χ1v) is 8.91. The molecule has 1 aliphatic rings. The van der Waals surface area contributed by atoms with E-state index in [1.165, 1.54) is 12.1 Å². The number of hydrogen-bond donors (Lipinski definition) is 1. The van der Waals surface area contributed by atoms with E-state index >= 15 is 0 Å². The van der Waals surface area contributed by atoms with Gasteiger partial charge in [0.25, 0.3) is 5.91 Å². The van der Waals surface area contributed by atoms with Crippen molar-refractivity contribution in [3.8, 4) is 0 Å². The molecule has 0 aliphatic carbocycles. The third-order valence-electron chi connectivity index (χ3n) is 4.58. The number of hydrogen-bond acceptors (Lipinski definition) is 5. The van der Waals surface area contributed by atoms with E-state index in [9.17, 15) is 9.18 Å². The van der Waals surface area contributed by atoms with Crippen LogP contribution in [0.2, 0.25) is 0 Å². The van der Waals surface area contributed by atoms with Gasteiger partial charge in [-0.2, -0.15) is 0 Å². The fraction of sp³-hybridized carbons (Fsp3) is 0.250. The van der Waals surface area contributed by atoms with Crippen LogP contribution in [0.15, 0.2) is 59.0 Å². The molecule has 1 unspecified atom stereocenters. The van der Waals surface area contributed by atoms with Gasteiger partial charge in [-0.3, -0.25) is 4.79 Å². The van der Waals surface area contributed by atoms with Crippen LogP contribution in [0.25, 0.3) is 0 Å². The Labute approximate surface area is 156 Å². The van der Waals surface area contributed by atoms with E-state index in [1.54, 1.807) is 12.1 Å². The Morgan fingerprint density at radius 2 is 1.74 bits per heavy atom. The van der Waals surface area contributed by atoms with Crippen LogP contribution >= 0.6 is 0 Å². The maximum atomic E-state index is 14.0. The summed E-state index contributed by atoms with van der Waals surface area (Å²) in [5.41, 5.74) is 0.747.